The van der Waals surface area contributed by atoms with Gasteiger partial charge in [-0.25, -0.2) is 4.39 Å². The predicted molar refractivity (Wildman–Crippen MR) is 128 cm³/mol. The van der Waals surface area contributed by atoms with Crippen LogP contribution in [0.4, 0.5) is 32.0 Å². The van der Waals surface area contributed by atoms with Gasteiger partial charge in [-0.3, -0.25) is 9.79 Å². The highest BCUT2D eigenvalue weighted by Gasteiger charge is 2.47. The molecule has 9 heteroatoms. The van der Waals surface area contributed by atoms with Crippen LogP contribution in [0.2, 0.25) is 0 Å². The van der Waals surface area contributed by atoms with Crippen LogP contribution in [0.1, 0.15) is 92.6 Å². The molecule has 1 aliphatic carbocycles. The number of carbonyl (C=O) groups is 1. The quantitative estimate of drug-likeness (QED) is 0.270. The number of ether oxygens (including phenoxy) is 1. The Balaban J connectivity index is 0.000000554. The largest absolute Gasteiger partial charge is 0.435 e. The Bertz CT molecular complexity index is 816. The Morgan fingerprint density at radius 1 is 1.11 bits per heavy atom. The average Bonchev–Trinajstić information content (AvgIpc) is 2.68. The summed E-state index contributed by atoms with van der Waals surface area (Å²) >= 11 is 0. The van der Waals surface area contributed by atoms with Crippen LogP contribution in [0.3, 0.4) is 0 Å². The van der Waals surface area contributed by atoms with Gasteiger partial charge in [-0.2, -0.15) is 22.0 Å². The van der Waals surface area contributed by atoms with Gasteiger partial charge in [-0.05, 0) is 50.2 Å². The molecule has 0 bridgehead atoms. The highest BCUT2D eigenvalue weighted by molar-refractivity contribution is 5.84. The van der Waals surface area contributed by atoms with Crippen molar-refractivity contribution in [1.29, 1.82) is 0 Å². The van der Waals surface area contributed by atoms with Gasteiger partial charge in [0.1, 0.15) is 17.2 Å². The number of nitrogens with zero attached hydrogens (tertiary/aromatic N) is 1. The zero-order valence-corrected chi connectivity index (χ0v) is 22.0. The van der Waals surface area contributed by atoms with E-state index in [0.717, 1.165) is 31.0 Å². The molecule has 0 amide bonds. The van der Waals surface area contributed by atoms with Crippen molar-refractivity contribution < 1.29 is 35.9 Å². The number of Topliss-reactive ketones (excluding diaryl/α,β-unsaturated/α-hetero) is 1. The maximum atomic E-state index is 13.6. The SMILES string of the molecule is CC1(C)CCC1.CCC(=O)CC(C)(C)C(F)(F)F.CCC(C)=Nc1c(C)cc(OC(F)F)cc1F. The molecule has 0 spiro atoms. The summed E-state index contributed by atoms with van der Waals surface area (Å²) in [5.74, 6) is -1.20. The summed E-state index contributed by atoms with van der Waals surface area (Å²) in [6.45, 7) is 10.6. The Hall–Kier alpha value is -2.06. The number of alkyl halides is 5. The Kier molecular flexibility index (Phi) is 13.1. The molecule has 1 aromatic carbocycles. The van der Waals surface area contributed by atoms with Crippen molar-refractivity contribution in [2.24, 2.45) is 15.8 Å². The van der Waals surface area contributed by atoms with Gasteiger partial charge in [0.25, 0.3) is 0 Å². The molecule has 1 aromatic rings. The molecule has 35 heavy (non-hydrogen) atoms. The lowest BCUT2D eigenvalue weighted by Crippen LogP contribution is -2.34. The van der Waals surface area contributed by atoms with E-state index in [1.807, 2.05) is 6.92 Å². The fourth-order valence-electron chi connectivity index (χ4n) is 2.89. The number of aliphatic imine (C=N–C) groups is 1. The molecule has 1 saturated carbocycles. The van der Waals surface area contributed by atoms with Gasteiger partial charge in [0.2, 0.25) is 0 Å². The molecule has 1 aliphatic rings. The van der Waals surface area contributed by atoms with E-state index in [-0.39, 0.29) is 23.6 Å². The van der Waals surface area contributed by atoms with E-state index in [1.165, 1.54) is 25.3 Å². The second-order valence-corrected chi connectivity index (χ2v) is 10.1. The van der Waals surface area contributed by atoms with Crippen molar-refractivity contribution in [3.63, 3.8) is 0 Å². The smallest absolute Gasteiger partial charge is 0.394 e. The minimum absolute atomic E-state index is 0.166. The lowest BCUT2D eigenvalue weighted by molar-refractivity contribution is -0.213. The molecular weight excluding hydrogens is 472 g/mol. The molecule has 0 heterocycles. The number of hydrogen-bond donors (Lipinski definition) is 0. The summed E-state index contributed by atoms with van der Waals surface area (Å²) in [5.41, 5.74) is 0.244. The molecule has 0 atom stereocenters. The van der Waals surface area contributed by atoms with Crippen molar-refractivity contribution in [3.05, 3.63) is 23.5 Å². The summed E-state index contributed by atoms with van der Waals surface area (Å²) in [6, 6.07) is 2.26. The topological polar surface area (TPSA) is 38.7 Å². The summed E-state index contributed by atoms with van der Waals surface area (Å²) in [6.07, 6.45) is 0.519. The molecule has 0 N–H and O–H groups in total. The summed E-state index contributed by atoms with van der Waals surface area (Å²) in [7, 11) is 0. The molecular formula is C26H39F6NO2. The first kappa shape index (κ1) is 32.9. The molecule has 0 unspecified atom stereocenters. The fraction of sp³-hybridized carbons (Fsp3) is 0.692. The molecule has 3 nitrogen and oxygen atoms in total. The first-order valence-electron chi connectivity index (χ1n) is 11.7. The Labute approximate surface area is 205 Å². The molecule has 202 valence electrons. The molecule has 0 aromatic heterocycles. The summed E-state index contributed by atoms with van der Waals surface area (Å²) in [5, 5.41) is 0. The number of rotatable bonds is 7. The zero-order valence-electron chi connectivity index (χ0n) is 22.0. The Morgan fingerprint density at radius 2 is 1.63 bits per heavy atom. The number of benzene rings is 1. The minimum Gasteiger partial charge on any atom is -0.435 e. The highest BCUT2D eigenvalue weighted by atomic mass is 19.4. The van der Waals surface area contributed by atoms with E-state index in [1.54, 1.807) is 20.8 Å². The number of hydrogen-bond acceptors (Lipinski definition) is 3. The van der Waals surface area contributed by atoms with Gasteiger partial charge >= 0.3 is 12.8 Å². The molecule has 2 rings (SSSR count). The normalized spacial score (nSPS) is 15.3. The Morgan fingerprint density at radius 3 is 1.94 bits per heavy atom. The lowest BCUT2D eigenvalue weighted by Gasteiger charge is -2.33. The van der Waals surface area contributed by atoms with E-state index < -0.39 is 30.4 Å². The molecule has 1 fully saturated rings. The van der Waals surface area contributed by atoms with Crippen LogP contribution < -0.4 is 4.74 Å². The third kappa shape index (κ3) is 12.5. The lowest BCUT2D eigenvalue weighted by atomic mass is 9.72. The first-order valence-corrected chi connectivity index (χ1v) is 11.7. The fourth-order valence-corrected chi connectivity index (χ4v) is 2.89. The summed E-state index contributed by atoms with van der Waals surface area (Å²) < 4.78 is 78.3. The van der Waals surface area contributed by atoms with Crippen molar-refractivity contribution in [3.8, 4) is 5.75 Å². The number of ketones is 1. The van der Waals surface area contributed by atoms with Crippen molar-refractivity contribution in [2.75, 3.05) is 0 Å². The highest BCUT2D eigenvalue weighted by Crippen LogP contribution is 2.40. The molecule has 0 radical (unpaired) electrons. The first-order chi connectivity index (χ1) is 15.8. The van der Waals surface area contributed by atoms with Crippen LogP contribution in [0.15, 0.2) is 17.1 Å². The van der Waals surface area contributed by atoms with Crippen LogP contribution in [0.5, 0.6) is 5.75 Å². The van der Waals surface area contributed by atoms with Crippen molar-refractivity contribution in [2.45, 2.75) is 107 Å². The van der Waals surface area contributed by atoms with Crippen LogP contribution in [-0.2, 0) is 4.79 Å². The average molecular weight is 512 g/mol. The standard InChI is InChI=1S/C12H14F3NO.C8H13F3O.C6H12/c1-4-8(3)16-11-7(2)5-9(6-10(11)13)17-12(14)15;1-4-6(12)5-7(2,3)8(9,10)11;1-6(2)4-3-5-6/h5-6,12H,4H2,1-3H3;4-5H2,1-3H3;3-5H2,1-2H3. The van der Waals surface area contributed by atoms with Gasteiger partial charge in [-0.1, -0.05) is 48.0 Å². The van der Waals surface area contributed by atoms with Crippen LogP contribution in [-0.4, -0.2) is 24.3 Å². The maximum Gasteiger partial charge on any atom is 0.394 e. The van der Waals surface area contributed by atoms with Gasteiger partial charge in [0, 0.05) is 24.6 Å². The van der Waals surface area contributed by atoms with E-state index in [9.17, 15) is 31.1 Å². The van der Waals surface area contributed by atoms with Gasteiger partial charge in [0.15, 0.2) is 5.82 Å². The third-order valence-corrected chi connectivity index (χ3v) is 5.77. The van der Waals surface area contributed by atoms with Gasteiger partial charge in [0.05, 0.1) is 5.41 Å². The second kappa shape index (κ2) is 13.9. The van der Waals surface area contributed by atoms with Gasteiger partial charge in [-0.15, -0.1) is 0 Å². The van der Waals surface area contributed by atoms with Crippen molar-refractivity contribution in [1.82, 2.24) is 0 Å². The second-order valence-electron chi connectivity index (χ2n) is 10.1. The number of aryl methyl sites for hydroxylation is 1. The maximum absolute atomic E-state index is 13.6. The van der Waals surface area contributed by atoms with E-state index in [4.69, 9.17) is 0 Å². The van der Waals surface area contributed by atoms with Crippen molar-refractivity contribution >= 4 is 17.2 Å². The minimum atomic E-state index is -4.29. The predicted octanol–water partition coefficient (Wildman–Crippen LogP) is 9.38. The van der Waals surface area contributed by atoms with Gasteiger partial charge < -0.3 is 4.74 Å². The molecule has 0 aliphatic heterocycles. The zero-order chi connectivity index (χ0) is 27.6. The third-order valence-electron chi connectivity index (χ3n) is 5.77. The number of halogens is 6. The molecule has 0 saturated heterocycles. The van der Waals surface area contributed by atoms with Crippen LogP contribution in [0.25, 0.3) is 0 Å². The van der Waals surface area contributed by atoms with Crippen LogP contribution >= 0.6 is 0 Å². The monoisotopic (exact) mass is 511 g/mol. The summed E-state index contributed by atoms with van der Waals surface area (Å²) in [4.78, 5) is 14.9. The van der Waals surface area contributed by atoms with E-state index >= 15 is 0 Å². The number of carbonyl (C=O) groups excluding carboxylic acids is 1. The van der Waals surface area contributed by atoms with Crippen LogP contribution in [0, 0.1) is 23.6 Å². The van der Waals surface area contributed by atoms with E-state index in [0.29, 0.717) is 12.0 Å². The van der Waals surface area contributed by atoms with E-state index in [2.05, 4.69) is 23.6 Å².